The van der Waals surface area contributed by atoms with E-state index in [1.54, 1.807) is 18.4 Å². The molecule has 1 aromatic heterocycles. The summed E-state index contributed by atoms with van der Waals surface area (Å²) in [7, 11) is 0. The van der Waals surface area contributed by atoms with Gasteiger partial charge < -0.3 is 14.8 Å². The van der Waals surface area contributed by atoms with Crippen molar-refractivity contribution in [2.45, 2.75) is 50.6 Å². The minimum atomic E-state index is -1.24. The van der Waals surface area contributed by atoms with Crippen LogP contribution in [0.25, 0.3) is 0 Å². The molecule has 1 saturated carbocycles. The Labute approximate surface area is 218 Å². The van der Waals surface area contributed by atoms with Gasteiger partial charge in [-0.15, -0.1) is 0 Å². The average molecular weight is 518 g/mol. The average Bonchev–Trinajstić information content (AvgIpc) is 3.51. The van der Waals surface area contributed by atoms with Crippen molar-refractivity contribution in [1.82, 2.24) is 10.2 Å². The first-order chi connectivity index (χ1) is 18.3. The number of nitrogens with zero attached hydrogens (tertiary/aromatic N) is 2. The summed E-state index contributed by atoms with van der Waals surface area (Å²) in [6.07, 6.45) is 5.72. The lowest BCUT2D eigenvalue weighted by molar-refractivity contribution is -0.385. The first kappa shape index (κ1) is 25.2. The van der Waals surface area contributed by atoms with Crippen molar-refractivity contribution in [2.75, 3.05) is 0 Å². The van der Waals surface area contributed by atoms with E-state index in [1.807, 2.05) is 12.1 Å². The first-order valence-corrected chi connectivity index (χ1v) is 12.6. The highest BCUT2D eigenvalue weighted by Gasteiger charge is 2.43. The molecule has 2 unspecified atom stereocenters. The Balaban J connectivity index is 1.45. The summed E-state index contributed by atoms with van der Waals surface area (Å²) in [4.78, 5) is 52.0. The number of nitro benzene ring substituents is 1. The standard InChI is InChI=1S/C28H27N3O7/c32-25-12-11-17(14-23(25)31(36)37)15-24(30-27(34)20-8-2-3-9-21(20)28(30)35)26(33)29-22-10-4-1-6-18(22)16-19-7-5-13-38-19/h2-3,5,7-9,11-14,18,22,24,32H,1,4,6,10,15-16H2,(H,29,33)/t18?,22?,24-/m0/s1. The minimum Gasteiger partial charge on any atom is -0.502 e. The molecule has 1 aliphatic heterocycles. The molecular formula is C28H27N3O7. The molecule has 10 heteroatoms. The van der Waals surface area contributed by atoms with Crippen molar-refractivity contribution in [1.29, 1.82) is 0 Å². The van der Waals surface area contributed by atoms with Gasteiger partial charge in [0.25, 0.3) is 11.8 Å². The van der Waals surface area contributed by atoms with Crippen LogP contribution >= 0.6 is 0 Å². The van der Waals surface area contributed by atoms with Gasteiger partial charge in [0.05, 0.1) is 22.3 Å². The molecule has 1 fully saturated rings. The number of nitrogens with one attached hydrogen (secondary N) is 1. The van der Waals surface area contributed by atoms with Crippen LogP contribution in [0.1, 0.15) is 57.7 Å². The molecule has 2 aliphatic rings. The lowest BCUT2D eigenvalue weighted by Crippen LogP contribution is -2.54. The Morgan fingerprint density at radius 3 is 2.45 bits per heavy atom. The first-order valence-electron chi connectivity index (χ1n) is 12.6. The van der Waals surface area contributed by atoms with Crippen LogP contribution in [0.5, 0.6) is 5.75 Å². The van der Waals surface area contributed by atoms with Gasteiger partial charge in [-0.3, -0.25) is 29.4 Å². The van der Waals surface area contributed by atoms with Crippen molar-refractivity contribution in [3.8, 4) is 5.75 Å². The fourth-order valence-corrected chi connectivity index (χ4v) is 5.47. The molecule has 3 aromatic rings. The van der Waals surface area contributed by atoms with Crippen LogP contribution in [0.4, 0.5) is 5.69 Å². The number of phenolic OH excluding ortho intramolecular Hbond substituents is 1. The summed E-state index contributed by atoms with van der Waals surface area (Å²) in [6.45, 7) is 0. The lowest BCUT2D eigenvalue weighted by Gasteiger charge is -2.34. The van der Waals surface area contributed by atoms with Gasteiger partial charge in [0.1, 0.15) is 11.8 Å². The number of rotatable bonds is 8. The third kappa shape index (κ3) is 4.89. The quantitative estimate of drug-likeness (QED) is 0.261. The predicted molar refractivity (Wildman–Crippen MR) is 135 cm³/mol. The van der Waals surface area contributed by atoms with E-state index in [9.17, 15) is 29.6 Å². The maximum absolute atomic E-state index is 13.8. The maximum atomic E-state index is 13.8. The SMILES string of the molecule is O=C(NC1CCCCC1Cc1ccco1)[C@H](Cc1ccc(O)c([N+](=O)[O-])c1)N1C(=O)c2ccccc2C1=O. The van der Waals surface area contributed by atoms with Gasteiger partial charge in [0.15, 0.2) is 5.75 Å². The molecule has 2 N–H and O–H groups in total. The van der Waals surface area contributed by atoms with E-state index in [0.717, 1.165) is 42.4 Å². The van der Waals surface area contributed by atoms with Gasteiger partial charge in [-0.1, -0.05) is 31.0 Å². The summed E-state index contributed by atoms with van der Waals surface area (Å²) >= 11 is 0. The number of fused-ring (bicyclic) bond motifs is 1. The number of carbonyl (C=O) groups excluding carboxylic acids is 3. The Bertz CT molecular complexity index is 1350. The number of aromatic hydroxyl groups is 1. The second kappa shape index (κ2) is 10.5. The van der Waals surface area contributed by atoms with Crippen molar-refractivity contribution in [3.05, 3.63) is 93.4 Å². The zero-order valence-electron chi connectivity index (χ0n) is 20.5. The molecule has 1 aliphatic carbocycles. The highest BCUT2D eigenvalue weighted by molar-refractivity contribution is 6.22. The number of amides is 3. The van der Waals surface area contributed by atoms with E-state index in [1.165, 1.54) is 24.3 Å². The molecule has 0 bridgehead atoms. The number of benzene rings is 2. The number of hydrogen-bond donors (Lipinski definition) is 2. The van der Waals surface area contributed by atoms with Crippen LogP contribution in [0, 0.1) is 16.0 Å². The fraction of sp³-hybridized carbons (Fsp3) is 0.321. The molecule has 3 atom stereocenters. The van der Waals surface area contributed by atoms with Gasteiger partial charge in [0.2, 0.25) is 5.91 Å². The highest BCUT2D eigenvalue weighted by Crippen LogP contribution is 2.31. The number of furan rings is 1. The number of carbonyl (C=O) groups is 3. The van der Waals surface area contributed by atoms with E-state index in [0.29, 0.717) is 12.0 Å². The van der Waals surface area contributed by atoms with Gasteiger partial charge in [-0.25, -0.2) is 0 Å². The zero-order valence-corrected chi connectivity index (χ0v) is 20.5. The number of hydrogen-bond acceptors (Lipinski definition) is 7. The number of imide groups is 1. The smallest absolute Gasteiger partial charge is 0.310 e. The van der Waals surface area contributed by atoms with E-state index in [4.69, 9.17) is 4.42 Å². The normalized spacial score (nSPS) is 19.7. The summed E-state index contributed by atoms with van der Waals surface area (Å²) in [6, 6.07) is 12.4. The number of nitro groups is 1. The van der Waals surface area contributed by atoms with Gasteiger partial charge in [-0.05, 0) is 54.7 Å². The largest absolute Gasteiger partial charge is 0.502 e. The monoisotopic (exact) mass is 517 g/mol. The van der Waals surface area contributed by atoms with Crippen molar-refractivity contribution in [3.63, 3.8) is 0 Å². The Kier molecular flexibility index (Phi) is 6.95. The fourth-order valence-electron chi connectivity index (χ4n) is 5.47. The molecule has 2 heterocycles. The van der Waals surface area contributed by atoms with Crippen LogP contribution in [-0.4, -0.2) is 44.7 Å². The molecule has 3 amide bonds. The summed E-state index contributed by atoms with van der Waals surface area (Å²) in [5, 5.41) is 24.3. The van der Waals surface area contributed by atoms with Crippen LogP contribution in [0.15, 0.2) is 65.3 Å². The Hall–Kier alpha value is -4.47. The van der Waals surface area contributed by atoms with Crippen molar-refractivity contribution in [2.24, 2.45) is 5.92 Å². The lowest BCUT2D eigenvalue weighted by atomic mass is 9.81. The number of phenols is 1. The summed E-state index contributed by atoms with van der Waals surface area (Å²) in [5.41, 5.74) is 0.234. The third-order valence-corrected chi connectivity index (χ3v) is 7.39. The molecular weight excluding hydrogens is 490 g/mol. The molecule has 2 aromatic carbocycles. The van der Waals surface area contributed by atoms with Crippen LogP contribution in [0.3, 0.4) is 0 Å². The second-order valence-corrected chi connectivity index (χ2v) is 9.77. The molecule has 0 saturated heterocycles. The molecule has 0 spiro atoms. The molecule has 196 valence electrons. The van der Waals surface area contributed by atoms with Crippen LogP contribution in [-0.2, 0) is 17.6 Å². The maximum Gasteiger partial charge on any atom is 0.310 e. The van der Waals surface area contributed by atoms with Gasteiger partial charge >= 0.3 is 5.69 Å². The highest BCUT2D eigenvalue weighted by atomic mass is 16.6. The van der Waals surface area contributed by atoms with E-state index in [-0.39, 0.29) is 29.5 Å². The third-order valence-electron chi connectivity index (χ3n) is 7.39. The molecule has 5 rings (SSSR count). The zero-order chi connectivity index (χ0) is 26.8. The van der Waals surface area contributed by atoms with Crippen LogP contribution in [0.2, 0.25) is 0 Å². The summed E-state index contributed by atoms with van der Waals surface area (Å²) in [5.74, 6) is -1.25. The second-order valence-electron chi connectivity index (χ2n) is 9.77. The van der Waals surface area contributed by atoms with Gasteiger partial charge in [-0.2, -0.15) is 0 Å². The molecule has 10 nitrogen and oxygen atoms in total. The topological polar surface area (TPSA) is 143 Å². The molecule has 0 radical (unpaired) electrons. The van der Waals surface area contributed by atoms with Crippen molar-refractivity contribution >= 4 is 23.4 Å². The predicted octanol–water partition coefficient (Wildman–Crippen LogP) is 4.02. The van der Waals surface area contributed by atoms with E-state index >= 15 is 0 Å². The van der Waals surface area contributed by atoms with E-state index < -0.39 is 40.1 Å². The van der Waals surface area contributed by atoms with Crippen LogP contribution < -0.4 is 5.32 Å². The Morgan fingerprint density at radius 1 is 1.08 bits per heavy atom. The summed E-state index contributed by atoms with van der Waals surface area (Å²) < 4.78 is 5.52. The van der Waals surface area contributed by atoms with Gasteiger partial charge in [0, 0.05) is 24.9 Å². The minimum absolute atomic E-state index is 0.122. The van der Waals surface area contributed by atoms with E-state index in [2.05, 4.69) is 5.32 Å². The molecule has 38 heavy (non-hydrogen) atoms. The Morgan fingerprint density at radius 2 is 1.79 bits per heavy atom. The van der Waals surface area contributed by atoms with Crippen molar-refractivity contribution < 1.29 is 28.8 Å².